The van der Waals surface area contributed by atoms with Gasteiger partial charge in [-0.1, -0.05) is 11.6 Å². The number of aryl methyl sites for hydroxylation is 2. The average Bonchev–Trinajstić information content (AvgIpc) is 2.62. The molecule has 0 aliphatic rings. The van der Waals surface area contributed by atoms with Crippen molar-refractivity contribution in [2.75, 3.05) is 6.54 Å². The van der Waals surface area contributed by atoms with Gasteiger partial charge in [0.05, 0.1) is 0 Å². The molecule has 0 aliphatic heterocycles. The third-order valence-corrected chi connectivity index (χ3v) is 3.14. The largest absolute Gasteiger partial charge is 0.349 e. The van der Waals surface area contributed by atoms with Gasteiger partial charge in [0.15, 0.2) is 0 Å². The minimum Gasteiger partial charge on any atom is -0.349 e. The Hall–Kier alpha value is -1.81. The molecule has 0 spiro atoms. The summed E-state index contributed by atoms with van der Waals surface area (Å²) >= 11 is 0. The predicted molar refractivity (Wildman–Crippen MR) is 78.3 cm³/mol. The molecule has 0 saturated carbocycles. The van der Waals surface area contributed by atoms with E-state index in [1.807, 2.05) is 50.6 Å². The van der Waals surface area contributed by atoms with Crippen LogP contribution < -0.4 is 11.1 Å². The number of rotatable bonds is 3. The second-order valence-electron chi connectivity index (χ2n) is 5.82. The molecular formula is C15H21N3O. The van der Waals surface area contributed by atoms with Crippen LogP contribution in [0, 0.1) is 6.92 Å². The average molecular weight is 259 g/mol. The van der Waals surface area contributed by atoms with Crippen molar-refractivity contribution in [2.45, 2.75) is 26.3 Å². The highest BCUT2D eigenvalue weighted by Crippen LogP contribution is 2.20. The predicted octanol–water partition coefficient (Wildman–Crippen LogP) is 1.95. The van der Waals surface area contributed by atoms with Gasteiger partial charge in [-0.3, -0.25) is 4.79 Å². The van der Waals surface area contributed by atoms with Gasteiger partial charge in [0.1, 0.15) is 5.69 Å². The van der Waals surface area contributed by atoms with E-state index in [1.54, 1.807) is 0 Å². The van der Waals surface area contributed by atoms with E-state index < -0.39 is 5.54 Å². The van der Waals surface area contributed by atoms with Gasteiger partial charge < -0.3 is 15.6 Å². The van der Waals surface area contributed by atoms with Gasteiger partial charge in [0.2, 0.25) is 0 Å². The fourth-order valence-electron chi connectivity index (χ4n) is 2.09. The summed E-state index contributed by atoms with van der Waals surface area (Å²) in [6, 6.07) is 8.08. The molecule has 0 bridgehead atoms. The SMILES string of the molecule is Cc1ccc2c(c1)cc(C(=O)NCC(C)(C)N)n2C. The van der Waals surface area contributed by atoms with Gasteiger partial charge in [-0.2, -0.15) is 0 Å². The van der Waals surface area contributed by atoms with Crippen molar-refractivity contribution in [3.8, 4) is 0 Å². The molecule has 0 unspecified atom stereocenters. The molecule has 1 amide bonds. The molecule has 0 atom stereocenters. The van der Waals surface area contributed by atoms with Crippen LogP contribution in [0.15, 0.2) is 24.3 Å². The van der Waals surface area contributed by atoms with E-state index in [2.05, 4.69) is 11.4 Å². The van der Waals surface area contributed by atoms with Crippen LogP contribution in [0.3, 0.4) is 0 Å². The second kappa shape index (κ2) is 4.70. The monoisotopic (exact) mass is 259 g/mol. The van der Waals surface area contributed by atoms with E-state index in [-0.39, 0.29) is 5.91 Å². The van der Waals surface area contributed by atoms with Crippen LogP contribution in [0.5, 0.6) is 0 Å². The molecule has 19 heavy (non-hydrogen) atoms. The van der Waals surface area contributed by atoms with E-state index in [9.17, 15) is 4.79 Å². The third kappa shape index (κ3) is 2.96. The van der Waals surface area contributed by atoms with Crippen LogP contribution in [0.4, 0.5) is 0 Å². The molecule has 102 valence electrons. The number of hydrogen-bond donors (Lipinski definition) is 2. The van der Waals surface area contributed by atoms with Crippen molar-refractivity contribution in [2.24, 2.45) is 12.8 Å². The van der Waals surface area contributed by atoms with Crippen molar-refractivity contribution in [1.82, 2.24) is 9.88 Å². The minimum absolute atomic E-state index is 0.0881. The Kier molecular flexibility index (Phi) is 3.37. The fraction of sp³-hybridized carbons (Fsp3) is 0.400. The lowest BCUT2D eigenvalue weighted by Crippen LogP contribution is -2.45. The topological polar surface area (TPSA) is 60.1 Å². The Morgan fingerprint density at radius 2 is 2.05 bits per heavy atom. The molecule has 4 heteroatoms. The molecule has 0 aliphatic carbocycles. The number of nitrogens with one attached hydrogen (secondary N) is 1. The standard InChI is InChI=1S/C15H21N3O/c1-10-5-6-12-11(7-10)8-13(18(12)4)14(19)17-9-15(2,3)16/h5-8H,9,16H2,1-4H3,(H,17,19). The minimum atomic E-state index is -0.406. The van der Waals surface area contributed by atoms with E-state index >= 15 is 0 Å². The summed E-state index contributed by atoms with van der Waals surface area (Å²) in [6.07, 6.45) is 0. The number of carbonyl (C=O) groups excluding carboxylic acids is 1. The van der Waals surface area contributed by atoms with Crippen molar-refractivity contribution in [3.63, 3.8) is 0 Å². The zero-order valence-corrected chi connectivity index (χ0v) is 11.9. The van der Waals surface area contributed by atoms with Crippen molar-refractivity contribution in [1.29, 1.82) is 0 Å². The van der Waals surface area contributed by atoms with Crippen molar-refractivity contribution >= 4 is 16.8 Å². The van der Waals surface area contributed by atoms with Crippen molar-refractivity contribution in [3.05, 3.63) is 35.5 Å². The Morgan fingerprint density at radius 3 is 2.68 bits per heavy atom. The summed E-state index contributed by atoms with van der Waals surface area (Å²) in [5.41, 5.74) is 8.37. The van der Waals surface area contributed by atoms with Crippen LogP contribution in [-0.4, -0.2) is 22.6 Å². The van der Waals surface area contributed by atoms with Crippen molar-refractivity contribution < 1.29 is 4.79 Å². The lowest BCUT2D eigenvalue weighted by atomic mass is 10.1. The highest BCUT2D eigenvalue weighted by atomic mass is 16.1. The summed E-state index contributed by atoms with van der Waals surface area (Å²) < 4.78 is 1.91. The van der Waals surface area contributed by atoms with Gasteiger partial charge in [-0.15, -0.1) is 0 Å². The van der Waals surface area contributed by atoms with Gasteiger partial charge >= 0.3 is 0 Å². The van der Waals surface area contributed by atoms with Crippen LogP contribution in [0.1, 0.15) is 29.9 Å². The number of nitrogens with two attached hydrogens (primary N) is 1. The van der Waals surface area contributed by atoms with Crippen LogP contribution in [0.2, 0.25) is 0 Å². The number of amides is 1. The van der Waals surface area contributed by atoms with Crippen LogP contribution >= 0.6 is 0 Å². The Bertz CT molecular complexity index is 620. The summed E-state index contributed by atoms with van der Waals surface area (Å²) in [6.45, 7) is 6.27. The molecule has 2 aromatic rings. The highest BCUT2D eigenvalue weighted by molar-refractivity contribution is 5.98. The molecule has 1 aromatic carbocycles. The maximum Gasteiger partial charge on any atom is 0.267 e. The van der Waals surface area contributed by atoms with E-state index in [0.717, 1.165) is 10.9 Å². The second-order valence-corrected chi connectivity index (χ2v) is 5.82. The van der Waals surface area contributed by atoms with Gasteiger partial charge in [-0.25, -0.2) is 0 Å². The third-order valence-electron chi connectivity index (χ3n) is 3.14. The molecule has 2 rings (SSSR count). The number of carbonyl (C=O) groups is 1. The molecule has 1 aromatic heterocycles. The quantitative estimate of drug-likeness (QED) is 0.885. The van der Waals surface area contributed by atoms with Crippen LogP contribution in [0.25, 0.3) is 10.9 Å². The van der Waals surface area contributed by atoms with Crippen LogP contribution in [-0.2, 0) is 7.05 Å². The summed E-state index contributed by atoms with van der Waals surface area (Å²) in [5.74, 6) is -0.0881. The normalized spacial score (nSPS) is 11.8. The first-order valence-corrected chi connectivity index (χ1v) is 6.41. The van der Waals surface area contributed by atoms with E-state index in [1.165, 1.54) is 5.56 Å². The first kappa shape index (κ1) is 13.6. The van der Waals surface area contributed by atoms with E-state index in [0.29, 0.717) is 12.2 Å². The molecule has 0 fully saturated rings. The molecular weight excluding hydrogens is 238 g/mol. The zero-order valence-electron chi connectivity index (χ0n) is 11.9. The molecule has 3 N–H and O–H groups in total. The number of hydrogen-bond acceptors (Lipinski definition) is 2. The maximum atomic E-state index is 12.2. The van der Waals surface area contributed by atoms with E-state index in [4.69, 9.17) is 5.73 Å². The first-order chi connectivity index (χ1) is 8.78. The molecule has 0 radical (unpaired) electrons. The number of nitrogens with zero attached hydrogens (tertiary/aromatic N) is 1. The lowest BCUT2D eigenvalue weighted by molar-refractivity contribution is 0.0938. The summed E-state index contributed by atoms with van der Waals surface area (Å²) in [4.78, 5) is 12.2. The Labute approximate surface area is 113 Å². The molecule has 1 heterocycles. The maximum absolute atomic E-state index is 12.2. The van der Waals surface area contributed by atoms with Gasteiger partial charge in [-0.05, 0) is 39.0 Å². The smallest absolute Gasteiger partial charge is 0.267 e. The molecule has 4 nitrogen and oxygen atoms in total. The highest BCUT2D eigenvalue weighted by Gasteiger charge is 2.16. The summed E-state index contributed by atoms with van der Waals surface area (Å²) in [7, 11) is 1.90. The number of aromatic nitrogens is 1. The van der Waals surface area contributed by atoms with Gasteiger partial charge in [0, 0.05) is 30.0 Å². The lowest BCUT2D eigenvalue weighted by Gasteiger charge is -2.18. The summed E-state index contributed by atoms with van der Waals surface area (Å²) in [5, 5.41) is 3.95. The number of benzene rings is 1. The fourth-order valence-corrected chi connectivity index (χ4v) is 2.09. The Balaban J connectivity index is 2.30. The number of fused-ring (bicyclic) bond motifs is 1. The van der Waals surface area contributed by atoms with Gasteiger partial charge in [0.25, 0.3) is 5.91 Å². The molecule has 0 saturated heterocycles. The first-order valence-electron chi connectivity index (χ1n) is 6.41. The Morgan fingerprint density at radius 1 is 1.37 bits per heavy atom. The zero-order chi connectivity index (χ0) is 14.2.